The van der Waals surface area contributed by atoms with E-state index >= 15 is 28.8 Å². The fraction of sp³-hybridized carbons (Fsp3) is 0.500. The smallest absolute Gasteiger partial charge is 0.326 e. The zero-order valence-electron chi connectivity index (χ0n) is 69.2. The average molecular weight is 1660 g/mol. The first-order chi connectivity index (χ1) is 58.9. The Balaban J connectivity index is 0.690. The minimum absolute atomic E-state index is 0.000342. The monoisotopic (exact) mass is 1660 g/mol. The molecule has 30 nitrogen and oxygen atoms in total. The number of carbonyl (C=O) groups excluding carboxylic acids is 8. The molecule has 8 aliphatic carbocycles. The van der Waals surface area contributed by atoms with Crippen molar-refractivity contribution in [2.75, 3.05) is 27.2 Å². The number of benzene rings is 6. The van der Waals surface area contributed by atoms with Gasteiger partial charge in [-0.05, 0) is 209 Å². The molecule has 8 amide bonds. The van der Waals surface area contributed by atoms with E-state index in [2.05, 4.69) is 63.2 Å². The van der Waals surface area contributed by atoms with Gasteiger partial charge in [0.05, 0.1) is 36.6 Å². The number of likely N-dealkylation sites (N-methyl/N-ethyl adjacent to an activating group) is 2. The fourth-order valence-electron chi connectivity index (χ4n) is 22.6. The Bertz CT molecular complexity index is 4910. The van der Waals surface area contributed by atoms with Crippen LogP contribution < -0.4 is 52.0 Å². The molecular formula is C92H108N16O14. The highest BCUT2D eigenvalue weighted by atomic mass is 16.5. The minimum Gasteiger partial charge on any atom is -0.487 e. The molecular weight excluding hydrogens is 1550 g/mol. The van der Waals surface area contributed by atoms with Crippen LogP contribution in [0.15, 0.2) is 146 Å². The molecule has 22 rings (SSSR count). The molecule has 0 spiro atoms. The Kier molecular flexibility index (Phi) is 23.5. The molecule has 640 valence electrons. The van der Waals surface area contributed by atoms with Crippen LogP contribution in [0.25, 0.3) is 21.5 Å². The molecule has 6 aromatic carbocycles. The number of amides is 8. The lowest BCUT2D eigenvalue weighted by Gasteiger charge is -2.59. The molecule has 0 radical (unpaired) electrons. The fourth-order valence-corrected chi connectivity index (χ4v) is 22.6. The molecule has 122 heavy (non-hydrogen) atoms. The van der Waals surface area contributed by atoms with E-state index in [-0.39, 0.29) is 76.6 Å². The summed E-state index contributed by atoms with van der Waals surface area (Å²) < 4.78 is 15.8. The first kappa shape index (κ1) is 82.6. The minimum atomic E-state index is -1.51. The summed E-state index contributed by atoms with van der Waals surface area (Å²) in [5.74, 6) is -4.16. The maximum Gasteiger partial charge on any atom is 0.326 e. The lowest BCUT2D eigenvalue weighted by atomic mass is 9.47. The number of aliphatic carboxylic acids is 2. The highest BCUT2D eigenvalue weighted by molar-refractivity contribution is 5.99. The topological polar surface area (TPSA) is 394 Å². The molecule has 20 bridgehead atoms. The van der Waals surface area contributed by atoms with Crippen LogP contribution in [0.2, 0.25) is 0 Å². The first-order valence-electron chi connectivity index (χ1n) is 43.3. The number of aromatic nitrogens is 6. The lowest BCUT2D eigenvalue weighted by Crippen LogP contribution is -2.65. The molecule has 6 aliphatic heterocycles. The van der Waals surface area contributed by atoms with E-state index in [9.17, 15) is 29.4 Å². The van der Waals surface area contributed by atoms with Gasteiger partial charge >= 0.3 is 11.9 Å². The van der Waals surface area contributed by atoms with Crippen molar-refractivity contribution < 1.29 is 67.6 Å². The summed E-state index contributed by atoms with van der Waals surface area (Å²) in [5, 5.41) is 67.7. The van der Waals surface area contributed by atoms with Gasteiger partial charge < -0.3 is 72.0 Å². The molecule has 2 saturated heterocycles. The van der Waals surface area contributed by atoms with Gasteiger partial charge in [0.2, 0.25) is 47.3 Å². The molecule has 8 heterocycles. The van der Waals surface area contributed by atoms with E-state index in [1.807, 2.05) is 84.9 Å². The normalized spacial score (nSPS) is 29.4. The van der Waals surface area contributed by atoms with Crippen molar-refractivity contribution in [3.63, 3.8) is 0 Å². The summed E-state index contributed by atoms with van der Waals surface area (Å²) in [6, 6.07) is 27.2. The first-order valence-corrected chi connectivity index (χ1v) is 43.3. The number of ether oxygens (including phenoxy) is 2. The Morgan fingerprint density at radius 2 is 0.811 bits per heavy atom. The van der Waals surface area contributed by atoms with E-state index in [1.54, 1.807) is 98.2 Å². The molecule has 12 atom stereocenters. The maximum absolute atomic E-state index is 16.1. The van der Waals surface area contributed by atoms with Gasteiger partial charge in [0.25, 0.3) is 0 Å². The summed E-state index contributed by atoms with van der Waals surface area (Å²) in [4.78, 5) is 153. The van der Waals surface area contributed by atoms with Gasteiger partial charge in [0.1, 0.15) is 84.4 Å². The number of carbonyl (C=O) groups is 10. The number of carboxylic acid groups (broad SMARTS) is 2. The van der Waals surface area contributed by atoms with Gasteiger partial charge in [0, 0.05) is 62.4 Å². The molecule has 8 saturated carbocycles. The van der Waals surface area contributed by atoms with Gasteiger partial charge in [0.15, 0.2) is 0 Å². The van der Waals surface area contributed by atoms with Crippen LogP contribution in [0, 0.1) is 46.3 Å². The molecule has 10 N–H and O–H groups in total. The quantitative estimate of drug-likeness (QED) is 0.0485. The Hall–Kier alpha value is -11.7. The highest BCUT2D eigenvalue weighted by Gasteiger charge is 2.61. The highest BCUT2D eigenvalue weighted by Crippen LogP contribution is 2.63. The number of fused-ring (bicyclic) bond motifs is 2. The molecule has 10 fully saturated rings. The van der Waals surface area contributed by atoms with Crippen molar-refractivity contribution in [2.24, 2.45) is 46.3 Å². The van der Waals surface area contributed by atoms with Crippen LogP contribution in [0.4, 0.5) is 0 Å². The van der Waals surface area contributed by atoms with Gasteiger partial charge in [-0.3, -0.25) is 38.4 Å². The number of nitrogens with one attached hydrogen (secondary N) is 8. The second kappa shape index (κ2) is 34.7. The number of hydrogen-bond donors (Lipinski definition) is 10. The van der Waals surface area contributed by atoms with E-state index in [0.29, 0.717) is 80.6 Å². The predicted octanol–water partition coefficient (Wildman–Crippen LogP) is 6.63. The standard InChI is InChI=1S/C92H108N16O14/c1-51(93-3)81(109)99-79(91-39-57-25-58(40-91)27-59(26-57)41-91)87(115)105-47-69-37-77(105)85(113)95-73(35-55-13-19-63-9-5-7-11-65(63)31-55)83(111)97-75(89(117)118)33-53-17-23-72(24-18-53)122-50-68-46-108(104-102-68)70-38-78(106(48-70)88(116)80(100-82(110)52(2)94-4)92-42-60-28-61(43-92)30-62(29-60)44-92)86(114)96-74(36-56-14-20-64-10-6-8-12-66(64)32-56)84(112)98-76(90(119)120)34-54-15-21-71(22-16-54)121-49-67-45-107(69)103-101-67/h5-24,31-32,45-46,51-52,57-62,69-70,73-80,93-94H,25-30,33-44,47-50H2,1-4H3,(H,95,113)(H,96,114)(H,97,111)(H,98,112)(H,99,109)(H,100,110)(H,117,118)(H,119,120). The van der Waals surface area contributed by atoms with Gasteiger partial charge in [-0.15, -0.1) is 10.2 Å². The third-order valence-electron chi connectivity index (χ3n) is 28.2. The Labute approximate surface area is 706 Å². The van der Waals surface area contributed by atoms with E-state index in [4.69, 9.17) is 9.47 Å². The van der Waals surface area contributed by atoms with E-state index < -0.39 is 131 Å². The van der Waals surface area contributed by atoms with Crippen molar-refractivity contribution in [3.05, 3.63) is 179 Å². The summed E-state index contributed by atoms with van der Waals surface area (Å²) in [7, 11) is 3.35. The average Bonchev–Trinajstić information content (AvgIpc) is 0.771. The summed E-state index contributed by atoms with van der Waals surface area (Å²) >= 11 is 0. The van der Waals surface area contributed by atoms with Gasteiger partial charge in [-0.2, -0.15) is 0 Å². The number of rotatable bonds is 16. The van der Waals surface area contributed by atoms with E-state index in [1.165, 1.54) is 9.80 Å². The van der Waals surface area contributed by atoms with Crippen LogP contribution in [0.3, 0.4) is 0 Å². The largest absolute Gasteiger partial charge is 0.487 e. The van der Waals surface area contributed by atoms with Crippen molar-refractivity contribution >= 4 is 80.7 Å². The zero-order chi connectivity index (χ0) is 84.8. The van der Waals surface area contributed by atoms with Crippen molar-refractivity contribution in [3.8, 4) is 11.5 Å². The zero-order valence-corrected chi connectivity index (χ0v) is 69.2. The third-order valence-corrected chi connectivity index (χ3v) is 28.2. The predicted molar refractivity (Wildman–Crippen MR) is 448 cm³/mol. The molecule has 12 unspecified atom stereocenters. The Morgan fingerprint density at radius 3 is 1.16 bits per heavy atom. The maximum atomic E-state index is 16.1. The molecule has 14 aliphatic rings. The van der Waals surface area contributed by atoms with Crippen molar-refractivity contribution in [1.82, 2.24) is 82.3 Å². The van der Waals surface area contributed by atoms with Crippen molar-refractivity contribution in [1.29, 1.82) is 0 Å². The number of nitrogens with zero attached hydrogens (tertiary/aromatic N) is 8. The van der Waals surface area contributed by atoms with Crippen LogP contribution >= 0.6 is 0 Å². The molecule has 30 heteroatoms. The Morgan fingerprint density at radius 1 is 0.459 bits per heavy atom. The van der Waals surface area contributed by atoms with Gasteiger partial charge in [-0.1, -0.05) is 120 Å². The second-order valence-electron chi connectivity index (χ2n) is 36.6. The van der Waals surface area contributed by atoms with Gasteiger partial charge in [-0.25, -0.2) is 19.0 Å². The van der Waals surface area contributed by atoms with Crippen LogP contribution in [-0.2, 0) is 86.8 Å². The number of likely N-dealkylation sites (tertiary alicyclic amines) is 2. The number of carboxylic acids is 2. The van der Waals surface area contributed by atoms with E-state index in [0.717, 1.165) is 98.6 Å². The second-order valence-corrected chi connectivity index (χ2v) is 36.6. The molecule has 2 aromatic heterocycles. The summed E-state index contributed by atoms with van der Waals surface area (Å²) in [6.07, 6.45) is 13.6. The summed E-state index contributed by atoms with van der Waals surface area (Å²) in [5.41, 5.74) is 1.94. The lowest BCUT2D eigenvalue weighted by molar-refractivity contribution is -0.152. The SMILES string of the molecule is CNC(C)C(=O)NC(C(=O)N1CC2CC1C(=O)NC(Cc1ccc3ccccc3c1)C(=O)NC(C(=O)O)Cc1ccc(cc1)OCc1cn(nn1)C1CC(C(=O)NC(Cc3ccc4ccccc4c3)C(=O)NC(C(=O)O)Cc3ccc(cc3)OCc3cn2nn3)N(C(=O)C(NC(=O)C(C)NC)C23CC4CC(CC(C4)C2)C3)C1)C12CC3CC(CC(C3)C1)C2. The number of hydrogen-bond acceptors (Lipinski definition) is 18. The van der Waals surface area contributed by atoms with Crippen molar-refractivity contribution in [2.45, 2.75) is 215 Å². The third kappa shape index (κ3) is 17.6. The van der Waals surface area contributed by atoms with Crippen LogP contribution in [0.1, 0.15) is 149 Å². The summed E-state index contributed by atoms with van der Waals surface area (Å²) in [6.45, 7) is 3.16. The molecule has 8 aromatic rings. The van der Waals surface area contributed by atoms with Crippen LogP contribution in [0.5, 0.6) is 11.5 Å². The van der Waals surface area contributed by atoms with Crippen LogP contribution in [-0.4, -0.2) is 197 Å².